The van der Waals surface area contributed by atoms with Crippen LogP contribution in [-0.4, -0.2) is 16.9 Å². The van der Waals surface area contributed by atoms with Crippen molar-refractivity contribution in [3.63, 3.8) is 0 Å². The second kappa shape index (κ2) is 7.13. The van der Waals surface area contributed by atoms with Crippen LogP contribution in [0.4, 0.5) is 0 Å². The topological polar surface area (TPSA) is 78.2 Å². The molecule has 2 rings (SSSR count). The zero-order valence-corrected chi connectivity index (χ0v) is 15.8. The Kier molecular flexibility index (Phi) is 5.32. The highest BCUT2D eigenvalue weighted by Crippen LogP contribution is 2.34. The number of rotatable bonds is 5. The summed E-state index contributed by atoms with van der Waals surface area (Å²) in [5, 5.41) is 18.8. The Balaban J connectivity index is 2.53. The fraction of sp³-hybridized carbons (Fsp3) is 0.318. The van der Waals surface area contributed by atoms with Gasteiger partial charge in [0.2, 0.25) is 0 Å². The molecule has 0 aliphatic rings. The summed E-state index contributed by atoms with van der Waals surface area (Å²) in [7, 11) is 0. The Hall–Kier alpha value is -2.93. The van der Waals surface area contributed by atoms with Gasteiger partial charge in [0.05, 0.1) is 11.6 Å². The number of Topliss-reactive ketones (excluding diaryl/α,β-unsaturated/α-hetero) is 1. The third kappa shape index (κ3) is 3.52. The Morgan fingerprint density at radius 2 is 1.65 bits per heavy atom. The third-order valence-electron chi connectivity index (χ3n) is 5.06. The molecule has 134 valence electrons. The molecule has 2 aromatic carbocycles. The maximum atomic E-state index is 13.3. The van der Waals surface area contributed by atoms with Crippen LogP contribution in [0.3, 0.4) is 0 Å². The largest absolute Gasteiger partial charge is 0.480 e. The molecule has 0 spiro atoms. The van der Waals surface area contributed by atoms with E-state index in [2.05, 4.69) is 0 Å². The highest BCUT2D eigenvalue weighted by atomic mass is 16.4. The van der Waals surface area contributed by atoms with Gasteiger partial charge in [0, 0.05) is 5.41 Å². The highest BCUT2D eigenvalue weighted by molar-refractivity contribution is 6.08. The monoisotopic (exact) mass is 349 g/mol. The van der Waals surface area contributed by atoms with E-state index in [-0.39, 0.29) is 5.78 Å². The summed E-state index contributed by atoms with van der Waals surface area (Å²) in [4.78, 5) is 25.2. The number of hydrogen-bond donors (Lipinski definition) is 1. The molecule has 0 aromatic heterocycles. The molecule has 0 saturated heterocycles. The number of carbonyl (C=O) groups excluding carboxylic acids is 1. The molecule has 2 aromatic rings. The summed E-state index contributed by atoms with van der Waals surface area (Å²) in [5.74, 6) is -2.83. The van der Waals surface area contributed by atoms with E-state index in [0.717, 1.165) is 16.7 Å². The van der Waals surface area contributed by atoms with Crippen molar-refractivity contribution in [1.82, 2.24) is 0 Å². The van der Waals surface area contributed by atoms with Gasteiger partial charge in [0.1, 0.15) is 5.92 Å². The number of carboxylic acid groups (broad SMARTS) is 1. The number of nitriles is 1. The quantitative estimate of drug-likeness (QED) is 0.821. The summed E-state index contributed by atoms with van der Waals surface area (Å²) in [6.45, 7) is 9.21. The molecule has 0 bridgehead atoms. The van der Waals surface area contributed by atoms with E-state index >= 15 is 0 Å². The number of hydrogen-bond acceptors (Lipinski definition) is 3. The second-order valence-electron chi connectivity index (χ2n) is 7.24. The summed E-state index contributed by atoms with van der Waals surface area (Å²) in [6.07, 6.45) is 0. The number of aryl methyl sites for hydroxylation is 3. The Bertz CT molecular complexity index is 919. The molecule has 0 heterocycles. The van der Waals surface area contributed by atoms with Crippen LogP contribution in [0.5, 0.6) is 0 Å². The van der Waals surface area contributed by atoms with Gasteiger partial charge in [0.15, 0.2) is 5.78 Å². The van der Waals surface area contributed by atoms with Crippen LogP contribution >= 0.6 is 0 Å². The van der Waals surface area contributed by atoms with Crippen molar-refractivity contribution in [1.29, 1.82) is 5.26 Å². The van der Waals surface area contributed by atoms with Crippen LogP contribution in [0.2, 0.25) is 0 Å². The van der Waals surface area contributed by atoms with Crippen LogP contribution in [-0.2, 0) is 15.0 Å². The van der Waals surface area contributed by atoms with E-state index in [1.807, 2.05) is 38.1 Å². The molecule has 0 saturated carbocycles. The van der Waals surface area contributed by atoms with Gasteiger partial charge in [-0.1, -0.05) is 24.3 Å². The second-order valence-corrected chi connectivity index (χ2v) is 7.24. The first-order valence-electron chi connectivity index (χ1n) is 8.45. The predicted octanol–water partition coefficient (Wildman–Crippen LogP) is 4.20. The fourth-order valence-corrected chi connectivity index (χ4v) is 3.09. The van der Waals surface area contributed by atoms with Crippen LogP contribution in [0.25, 0.3) is 0 Å². The van der Waals surface area contributed by atoms with Crippen molar-refractivity contribution in [2.24, 2.45) is 0 Å². The van der Waals surface area contributed by atoms with Gasteiger partial charge in [-0.25, -0.2) is 0 Å². The Morgan fingerprint density at radius 1 is 1.00 bits per heavy atom. The minimum atomic E-state index is -1.28. The van der Waals surface area contributed by atoms with Gasteiger partial charge in [0.25, 0.3) is 0 Å². The molecule has 4 heteroatoms. The van der Waals surface area contributed by atoms with E-state index in [9.17, 15) is 14.7 Å². The predicted molar refractivity (Wildman–Crippen MR) is 100 cm³/mol. The summed E-state index contributed by atoms with van der Waals surface area (Å²) in [5.41, 5.74) is 3.51. The van der Waals surface area contributed by atoms with Crippen LogP contribution < -0.4 is 0 Å². The number of benzene rings is 2. The van der Waals surface area contributed by atoms with E-state index < -0.39 is 17.3 Å². The lowest BCUT2D eigenvalue weighted by molar-refractivity contribution is -0.144. The standard InChI is InChI=1S/C22H23NO3/c1-13-6-8-17(11-14(13)2)22(4,5)20(24)19(21(25)26)18-9-7-16(12-23)10-15(18)3/h6-11,19H,1-5H3,(H,25,26). The molecule has 26 heavy (non-hydrogen) atoms. The molecular formula is C22H23NO3. The van der Waals surface area contributed by atoms with Crippen molar-refractivity contribution < 1.29 is 14.7 Å². The average Bonchev–Trinajstić information content (AvgIpc) is 2.58. The van der Waals surface area contributed by atoms with Crippen LogP contribution in [0.1, 0.15) is 53.1 Å². The first-order chi connectivity index (χ1) is 12.1. The molecule has 1 unspecified atom stereocenters. The molecule has 0 radical (unpaired) electrons. The van der Waals surface area contributed by atoms with Crippen molar-refractivity contribution in [3.8, 4) is 6.07 Å². The Morgan fingerprint density at radius 3 is 2.15 bits per heavy atom. The molecule has 1 atom stereocenters. The van der Waals surface area contributed by atoms with Gasteiger partial charge < -0.3 is 5.11 Å². The van der Waals surface area contributed by atoms with Crippen molar-refractivity contribution in [3.05, 3.63) is 69.8 Å². The molecule has 0 aliphatic carbocycles. The van der Waals surface area contributed by atoms with Gasteiger partial charge in [-0.3, -0.25) is 9.59 Å². The van der Waals surface area contributed by atoms with Crippen molar-refractivity contribution >= 4 is 11.8 Å². The van der Waals surface area contributed by atoms with Gasteiger partial charge in [-0.2, -0.15) is 5.26 Å². The summed E-state index contributed by atoms with van der Waals surface area (Å²) in [6, 6.07) is 12.5. The average molecular weight is 349 g/mol. The molecular weight excluding hydrogens is 326 g/mol. The maximum absolute atomic E-state index is 13.3. The van der Waals surface area contributed by atoms with Gasteiger partial charge in [-0.15, -0.1) is 0 Å². The number of carbonyl (C=O) groups is 2. The Labute approximate surface area is 154 Å². The van der Waals surface area contributed by atoms with Gasteiger partial charge in [-0.05, 0) is 74.6 Å². The zero-order valence-electron chi connectivity index (χ0n) is 15.8. The normalized spacial score (nSPS) is 12.3. The van der Waals surface area contributed by atoms with Crippen LogP contribution in [0.15, 0.2) is 36.4 Å². The van der Waals surface area contributed by atoms with Crippen molar-refractivity contribution in [2.45, 2.75) is 46.0 Å². The number of nitrogens with zero attached hydrogens (tertiary/aromatic N) is 1. The molecule has 1 N–H and O–H groups in total. The minimum absolute atomic E-state index is 0.374. The zero-order chi connectivity index (χ0) is 19.6. The van der Waals surface area contributed by atoms with E-state index in [0.29, 0.717) is 16.7 Å². The van der Waals surface area contributed by atoms with Crippen molar-refractivity contribution in [2.75, 3.05) is 0 Å². The number of ketones is 1. The first kappa shape index (κ1) is 19.4. The number of aliphatic carboxylic acids is 1. The van der Waals surface area contributed by atoms with Gasteiger partial charge >= 0.3 is 5.97 Å². The molecule has 0 aliphatic heterocycles. The lowest BCUT2D eigenvalue weighted by Gasteiger charge is -2.28. The number of carboxylic acids is 1. The first-order valence-corrected chi connectivity index (χ1v) is 8.45. The third-order valence-corrected chi connectivity index (χ3v) is 5.06. The fourth-order valence-electron chi connectivity index (χ4n) is 3.09. The smallest absolute Gasteiger partial charge is 0.318 e. The van der Waals surface area contributed by atoms with E-state index in [4.69, 9.17) is 5.26 Å². The van der Waals surface area contributed by atoms with E-state index in [1.165, 1.54) is 0 Å². The minimum Gasteiger partial charge on any atom is -0.480 e. The van der Waals surface area contributed by atoms with E-state index in [1.54, 1.807) is 39.0 Å². The SMILES string of the molecule is Cc1ccc(C(C)(C)C(=O)C(C(=O)O)c2ccc(C#N)cc2C)cc1C. The maximum Gasteiger partial charge on any atom is 0.318 e. The summed E-state index contributed by atoms with van der Waals surface area (Å²) < 4.78 is 0. The lowest BCUT2D eigenvalue weighted by Crippen LogP contribution is -2.37. The highest BCUT2D eigenvalue weighted by Gasteiger charge is 2.40. The molecule has 4 nitrogen and oxygen atoms in total. The molecule has 0 fully saturated rings. The lowest BCUT2D eigenvalue weighted by atomic mass is 9.73. The molecule has 0 amide bonds. The van der Waals surface area contributed by atoms with Crippen LogP contribution in [0, 0.1) is 32.1 Å². The summed E-state index contributed by atoms with van der Waals surface area (Å²) >= 11 is 0.